The maximum absolute atomic E-state index is 12.9. The summed E-state index contributed by atoms with van der Waals surface area (Å²) in [7, 11) is 0. The van der Waals surface area contributed by atoms with E-state index in [0.29, 0.717) is 17.8 Å². The van der Waals surface area contributed by atoms with Crippen LogP contribution in [0.15, 0.2) is 48.5 Å². The predicted octanol–water partition coefficient (Wildman–Crippen LogP) is 2.09. The van der Waals surface area contributed by atoms with Crippen molar-refractivity contribution in [3.63, 3.8) is 0 Å². The van der Waals surface area contributed by atoms with E-state index in [9.17, 15) is 18.8 Å². The highest BCUT2D eigenvalue weighted by Crippen LogP contribution is 2.11. The number of carbonyl (C=O) groups is 3. The number of halogens is 1. The summed E-state index contributed by atoms with van der Waals surface area (Å²) in [5, 5.41) is 5.11. The molecule has 142 valence electrons. The zero-order valence-corrected chi connectivity index (χ0v) is 14.9. The number of rotatable bonds is 7. The van der Waals surface area contributed by atoms with Gasteiger partial charge in [0.2, 0.25) is 5.91 Å². The molecule has 0 aromatic heterocycles. The van der Waals surface area contributed by atoms with Gasteiger partial charge in [-0.2, -0.15) is 0 Å². The lowest BCUT2D eigenvalue weighted by Gasteiger charge is -2.20. The number of nitrogens with two attached hydrogens (primary N) is 1. The molecule has 0 unspecified atom stereocenters. The number of urea groups is 1. The summed E-state index contributed by atoms with van der Waals surface area (Å²) >= 11 is 0. The van der Waals surface area contributed by atoms with E-state index in [2.05, 4.69) is 10.6 Å². The summed E-state index contributed by atoms with van der Waals surface area (Å²) < 4.78 is 12.9. The first kappa shape index (κ1) is 19.9. The predicted molar refractivity (Wildman–Crippen MR) is 99.5 cm³/mol. The Morgan fingerprint density at radius 1 is 1.04 bits per heavy atom. The third kappa shape index (κ3) is 6.10. The van der Waals surface area contributed by atoms with E-state index >= 15 is 0 Å². The van der Waals surface area contributed by atoms with Gasteiger partial charge in [0.1, 0.15) is 5.82 Å². The highest BCUT2D eigenvalue weighted by atomic mass is 19.1. The Kier molecular flexibility index (Phi) is 6.87. The lowest BCUT2D eigenvalue weighted by molar-refractivity contribution is -0.121. The van der Waals surface area contributed by atoms with Crippen LogP contribution in [0.1, 0.15) is 22.8 Å². The van der Waals surface area contributed by atoms with Gasteiger partial charge in [0, 0.05) is 24.3 Å². The highest BCUT2D eigenvalue weighted by molar-refractivity contribution is 5.97. The quantitative estimate of drug-likeness (QED) is 0.693. The summed E-state index contributed by atoms with van der Waals surface area (Å²) in [4.78, 5) is 36.9. The third-order valence-corrected chi connectivity index (χ3v) is 3.81. The minimum Gasteiger partial charge on any atom is -0.351 e. The molecule has 0 spiro atoms. The number of anilines is 1. The zero-order valence-electron chi connectivity index (χ0n) is 14.9. The standard InChI is InChI=1S/C19H21FN4O3/c1-2-24(12-17(25)22-11-13-3-7-15(20)8-4-13)18(26)14-5-9-16(10-6-14)23-19(21)27/h3-10H,2,11-12H2,1H3,(H,22,25)(H3,21,23,27). The third-order valence-electron chi connectivity index (χ3n) is 3.81. The fourth-order valence-corrected chi connectivity index (χ4v) is 2.38. The Balaban J connectivity index is 1.92. The number of carbonyl (C=O) groups excluding carboxylic acids is 3. The van der Waals surface area contributed by atoms with Gasteiger partial charge in [-0.3, -0.25) is 9.59 Å². The minimum atomic E-state index is -0.693. The molecular weight excluding hydrogens is 351 g/mol. The van der Waals surface area contributed by atoms with Crippen LogP contribution in [0.3, 0.4) is 0 Å². The Labute approximate surface area is 156 Å². The molecule has 0 aliphatic heterocycles. The van der Waals surface area contributed by atoms with Gasteiger partial charge in [0.05, 0.1) is 6.54 Å². The second-order valence-corrected chi connectivity index (χ2v) is 5.79. The maximum atomic E-state index is 12.9. The first-order valence-corrected chi connectivity index (χ1v) is 8.36. The lowest BCUT2D eigenvalue weighted by atomic mass is 10.1. The Hall–Kier alpha value is -3.42. The van der Waals surface area contributed by atoms with Crippen molar-refractivity contribution < 1.29 is 18.8 Å². The molecule has 27 heavy (non-hydrogen) atoms. The molecule has 0 atom stereocenters. The number of hydrogen-bond donors (Lipinski definition) is 3. The zero-order chi connectivity index (χ0) is 19.8. The van der Waals surface area contributed by atoms with E-state index in [1.807, 2.05) is 0 Å². The molecule has 0 radical (unpaired) electrons. The van der Waals surface area contributed by atoms with E-state index in [1.165, 1.54) is 17.0 Å². The van der Waals surface area contributed by atoms with Gasteiger partial charge >= 0.3 is 6.03 Å². The van der Waals surface area contributed by atoms with Crippen molar-refractivity contribution in [3.8, 4) is 0 Å². The lowest BCUT2D eigenvalue weighted by Crippen LogP contribution is -2.40. The molecule has 8 heteroatoms. The molecule has 4 amide bonds. The SMILES string of the molecule is CCN(CC(=O)NCc1ccc(F)cc1)C(=O)c1ccc(NC(N)=O)cc1. The Morgan fingerprint density at radius 3 is 2.22 bits per heavy atom. The fourth-order valence-electron chi connectivity index (χ4n) is 2.38. The molecule has 0 saturated heterocycles. The van der Waals surface area contributed by atoms with Gasteiger partial charge in [-0.15, -0.1) is 0 Å². The van der Waals surface area contributed by atoms with Crippen molar-refractivity contribution in [3.05, 3.63) is 65.5 Å². The van der Waals surface area contributed by atoms with Gasteiger partial charge in [-0.25, -0.2) is 9.18 Å². The second-order valence-electron chi connectivity index (χ2n) is 5.79. The largest absolute Gasteiger partial charge is 0.351 e. The summed E-state index contributed by atoms with van der Waals surface area (Å²) in [6.45, 7) is 2.27. The van der Waals surface area contributed by atoms with E-state index in [4.69, 9.17) is 5.73 Å². The van der Waals surface area contributed by atoms with E-state index in [1.54, 1.807) is 43.3 Å². The molecule has 0 fully saturated rings. The van der Waals surface area contributed by atoms with Crippen LogP contribution in [0.2, 0.25) is 0 Å². The molecule has 0 aliphatic rings. The van der Waals surface area contributed by atoms with Crippen LogP contribution >= 0.6 is 0 Å². The second kappa shape index (κ2) is 9.33. The smallest absolute Gasteiger partial charge is 0.316 e. The van der Waals surface area contributed by atoms with Crippen molar-refractivity contribution in [2.24, 2.45) is 5.73 Å². The maximum Gasteiger partial charge on any atom is 0.316 e. The van der Waals surface area contributed by atoms with Crippen molar-refractivity contribution >= 4 is 23.5 Å². The van der Waals surface area contributed by atoms with Gasteiger partial charge in [-0.1, -0.05) is 12.1 Å². The summed E-state index contributed by atoms with van der Waals surface area (Å²) in [5.74, 6) is -0.966. The molecule has 0 aliphatic carbocycles. The van der Waals surface area contributed by atoms with Gasteiger partial charge in [0.15, 0.2) is 0 Å². The summed E-state index contributed by atoms with van der Waals surface area (Å²) in [6, 6.07) is 11.3. The molecule has 0 heterocycles. The molecular formula is C19H21FN4O3. The normalized spacial score (nSPS) is 10.1. The Bertz CT molecular complexity index is 807. The van der Waals surface area contributed by atoms with Crippen LogP contribution in [0, 0.1) is 5.82 Å². The van der Waals surface area contributed by atoms with Crippen LogP contribution in [-0.4, -0.2) is 35.8 Å². The van der Waals surface area contributed by atoms with E-state index in [-0.39, 0.29) is 30.7 Å². The van der Waals surface area contributed by atoms with Crippen LogP contribution < -0.4 is 16.4 Å². The van der Waals surface area contributed by atoms with Crippen molar-refractivity contribution in [1.82, 2.24) is 10.2 Å². The summed E-state index contributed by atoms with van der Waals surface area (Å²) in [5.41, 5.74) is 6.66. The number of amides is 4. The van der Waals surface area contributed by atoms with Crippen LogP contribution in [-0.2, 0) is 11.3 Å². The summed E-state index contributed by atoms with van der Waals surface area (Å²) in [6.07, 6.45) is 0. The number of nitrogens with one attached hydrogen (secondary N) is 2. The van der Waals surface area contributed by atoms with Crippen molar-refractivity contribution in [2.75, 3.05) is 18.4 Å². The number of nitrogens with zero attached hydrogens (tertiary/aromatic N) is 1. The number of likely N-dealkylation sites (N-methyl/N-ethyl adjacent to an activating group) is 1. The molecule has 2 aromatic rings. The molecule has 0 saturated carbocycles. The van der Waals surface area contributed by atoms with Gasteiger partial charge < -0.3 is 21.3 Å². The topological polar surface area (TPSA) is 105 Å². The van der Waals surface area contributed by atoms with Gasteiger partial charge in [-0.05, 0) is 48.9 Å². The average molecular weight is 372 g/mol. The average Bonchev–Trinajstić information content (AvgIpc) is 2.65. The number of hydrogen-bond acceptors (Lipinski definition) is 3. The molecule has 0 bridgehead atoms. The Morgan fingerprint density at radius 2 is 1.67 bits per heavy atom. The number of primary amides is 1. The van der Waals surface area contributed by atoms with Crippen LogP contribution in [0.5, 0.6) is 0 Å². The van der Waals surface area contributed by atoms with Crippen LogP contribution in [0.25, 0.3) is 0 Å². The first-order valence-electron chi connectivity index (χ1n) is 8.36. The highest BCUT2D eigenvalue weighted by Gasteiger charge is 2.17. The van der Waals surface area contributed by atoms with Crippen molar-refractivity contribution in [2.45, 2.75) is 13.5 Å². The number of benzene rings is 2. The monoisotopic (exact) mass is 372 g/mol. The fraction of sp³-hybridized carbons (Fsp3) is 0.211. The molecule has 4 N–H and O–H groups in total. The minimum absolute atomic E-state index is 0.0994. The van der Waals surface area contributed by atoms with Crippen molar-refractivity contribution in [1.29, 1.82) is 0 Å². The molecule has 7 nitrogen and oxygen atoms in total. The first-order chi connectivity index (χ1) is 12.9. The van der Waals surface area contributed by atoms with E-state index in [0.717, 1.165) is 5.56 Å². The molecule has 2 rings (SSSR count). The van der Waals surface area contributed by atoms with E-state index < -0.39 is 6.03 Å². The van der Waals surface area contributed by atoms with Crippen LogP contribution in [0.4, 0.5) is 14.9 Å². The molecule has 2 aromatic carbocycles. The van der Waals surface area contributed by atoms with Gasteiger partial charge in [0.25, 0.3) is 5.91 Å².